The fourth-order valence-corrected chi connectivity index (χ4v) is 3.28. The summed E-state index contributed by atoms with van der Waals surface area (Å²) in [5.41, 5.74) is 2.59. The Balaban J connectivity index is 1.75. The first-order valence-electron chi connectivity index (χ1n) is 9.32. The summed E-state index contributed by atoms with van der Waals surface area (Å²) in [7, 11) is 0. The number of benzene rings is 3. The van der Waals surface area contributed by atoms with Gasteiger partial charge in [-0.2, -0.15) is 0 Å². The molecule has 0 radical (unpaired) electrons. The minimum Gasteiger partial charge on any atom is -0.492 e. The van der Waals surface area contributed by atoms with Gasteiger partial charge >= 0.3 is 5.97 Å². The second-order valence-electron chi connectivity index (χ2n) is 6.81. The van der Waals surface area contributed by atoms with E-state index in [4.69, 9.17) is 9.47 Å². The van der Waals surface area contributed by atoms with Gasteiger partial charge in [-0.1, -0.05) is 78.3 Å². The average molecular weight is 439 g/mol. The average Bonchev–Trinajstić information content (AvgIpc) is 2.70. The van der Waals surface area contributed by atoms with E-state index >= 15 is 0 Å². The van der Waals surface area contributed by atoms with Crippen LogP contribution >= 0.6 is 15.9 Å². The summed E-state index contributed by atoms with van der Waals surface area (Å²) >= 11 is 3.43. The standard InChI is InChI=1S/C24H23BrO3/c1-17(2)20-10-6-7-11-23(20)28-24(26)21-16-19(25)12-13-22(21)27-15-14-18-8-4-3-5-9-18/h3-13,16-17H,14-15H2,1-2H3. The predicted molar refractivity (Wildman–Crippen MR) is 115 cm³/mol. The molecular weight excluding hydrogens is 416 g/mol. The summed E-state index contributed by atoms with van der Waals surface area (Å²) in [4.78, 5) is 12.9. The molecule has 0 saturated carbocycles. The van der Waals surface area contributed by atoms with Crippen LogP contribution in [-0.4, -0.2) is 12.6 Å². The molecule has 3 nitrogen and oxygen atoms in total. The van der Waals surface area contributed by atoms with E-state index < -0.39 is 5.97 Å². The molecule has 144 valence electrons. The molecule has 0 atom stereocenters. The maximum Gasteiger partial charge on any atom is 0.347 e. The third-order valence-corrected chi connectivity index (χ3v) is 4.89. The second kappa shape index (κ2) is 9.56. The van der Waals surface area contributed by atoms with Crippen molar-refractivity contribution in [1.29, 1.82) is 0 Å². The largest absolute Gasteiger partial charge is 0.492 e. The Hall–Kier alpha value is -2.59. The van der Waals surface area contributed by atoms with E-state index in [-0.39, 0.29) is 5.92 Å². The van der Waals surface area contributed by atoms with Gasteiger partial charge in [-0.15, -0.1) is 0 Å². The van der Waals surface area contributed by atoms with Crippen LogP contribution in [0.25, 0.3) is 0 Å². The van der Waals surface area contributed by atoms with Crippen molar-refractivity contribution in [3.8, 4) is 11.5 Å². The molecule has 3 aromatic carbocycles. The lowest BCUT2D eigenvalue weighted by Crippen LogP contribution is -2.13. The molecule has 0 amide bonds. The quantitative estimate of drug-likeness (QED) is 0.315. The number of ether oxygens (including phenoxy) is 2. The Kier molecular flexibility index (Phi) is 6.88. The van der Waals surface area contributed by atoms with E-state index in [0.29, 0.717) is 23.7 Å². The molecule has 0 aliphatic rings. The fourth-order valence-electron chi connectivity index (χ4n) is 2.92. The number of para-hydroxylation sites is 1. The molecule has 28 heavy (non-hydrogen) atoms. The van der Waals surface area contributed by atoms with Crippen molar-refractivity contribution in [2.24, 2.45) is 0 Å². The molecular formula is C24H23BrO3. The van der Waals surface area contributed by atoms with Gasteiger partial charge in [-0.05, 0) is 41.3 Å². The lowest BCUT2D eigenvalue weighted by atomic mass is 10.0. The summed E-state index contributed by atoms with van der Waals surface area (Å²) in [6.07, 6.45) is 0.765. The van der Waals surface area contributed by atoms with Crippen LogP contribution in [0.1, 0.15) is 41.3 Å². The van der Waals surface area contributed by atoms with Crippen molar-refractivity contribution in [1.82, 2.24) is 0 Å². The monoisotopic (exact) mass is 438 g/mol. The Morgan fingerprint density at radius 1 is 0.929 bits per heavy atom. The molecule has 4 heteroatoms. The van der Waals surface area contributed by atoms with E-state index in [1.54, 1.807) is 12.1 Å². The molecule has 3 rings (SSSR count). The Bertz CT molecular complexity index is 936. The van der Waals surface area contributed by atoms with Gasteiger partial charge in [0.1, 0.15) is 17.1 Å². The van der Waals surface area contributed by atoms with Crippen molar-refractivity contribution in [2.75, 3.05) is 6.61 Å². The van der Waals surface area contributed by atoms with E-state index in [0.717, 1.165) is 16.5 Å². The Morgan fingerprint density at radius 3 is 2.39 bits per heavy atom. The normalized spacial score (nSPS) is 10.7. The maximum absolute atomic E-state index is 12.9. The molecule has 0 heterocycles. The van der Waals surface area contributed by atoms with E-state index in [9.17, 15) is 4.79 Å². The Labute approximate surface area is 174 Å². The summed E-state index contributed by atoms with van der Waals surface area (Å²) in [5, 5.41) is 0. The van der Waals surface area contributed by atoms with Crippen molar-refractivity contribution in [2.45, 2.75) is 26.2 Å². The minimum atomic E-state index is -0.427. The number of hydrogen-bond donors (Lipinski definition) is 0. The first kappa shape index (κ1) is 20.2. The van der Waals surface area contributed by atoms with E-state index in [1.807, 2.05) is 48.5 Å². The zero-order valence-electron chi connectivity index (χ0n) is 16.0. The molecule has 0 fully saturated rings. The van der Waals surface area contributed by atoms with Crippen LogP contribution in [0.5, 0.6) is 11.5 Å². The number of carbonyl (C=O) groups is 1. The van der Waals surface area contributed by atoms with Crippen LogP contribution in [0.15, 0.2) is 77.3 Å². The van der Waals surface area contributed by atoms with Crippen LogP contribution in [0.3, 0.4) is 0 Å². The summed E-state index contributed by atoms with van der Waals surface area (Å²) in [6.45, 7) is 4.63. The van der Waals surface area contributed by atoms with Crippen molar-refractivity contribution in [3.63, 3.8) is 0 Å². The van der Waals surface area contributed by atoms with Crippen LogP contribution in [0, 0.1) is 0 Å². The van der Waals surface area contributed by atoms with Gasteiger partial charge in [-0.25, -0.2) is 4.79 Å². The van der Waals surface area contributed by atoms with Gasteiger partial charge in [0, 0.05) is 10.9 Å². The molecule has 3 aromatic rings. The van der Waals surface area contributed by atoms with Crippen LogP contribution in [0.2, 0.25) is 0 Å². The molecule has 0 bridgehead atoms. The highest BCUT2D eigenvalue weighted by atomic mass is 79.9. The predicted octanol–water partition coefficient (Wildman–Crippen LogP) is 6.41. The van der Waals surface area contributed by atoms with Gasteiger partial charge in [0.2, 0.25) is 0 Å². The van der Waals surface area contributed by atoms with Gasteiger partial charge < -0.3 is 9.47 Å². The first-order chi connectivity index (χ1) is 13.5. The van der Waals surface area contributed by atoms with E-state index in [1.165, 1.54) is 5.56 Å². The zero-order valence-corrected chi connectivity index (χ0v) is 17.6. The molecule has 0 N–H and O–H groups in total. The summed E-state index contributed by atoms with van der Waals surface area (Å²) < 4.78 is 12.4. The van der Waals surface area contributed by atoms with Gasteiger partial charge in [-0.3, -0.25) is 0 Å². The number of hydrogen-bond acceptors (Lipinski definition) is 3. The fraction of sp³-hybridized carbons (Fsp3) is 0.208. The third-order valence-electron chi connectivity index (χ3n) is 4.40. The third kappa shape index (κ3) is 5.23. The second-order valence-corrected chi connectivity index (χ2v) is 7.72. The molecule has 0 unspecified atom stereocenters. The van der Waals surface area contributed by atoms with Gasteiger partial charge in [0.15, 0.2) is 0 Å². The van der Waals surface area contributed by atoms with Crippen LogP contribution < -0.4 is 9.47 Å². The first-order valence-corrected chi connectivity index (χ1v) is 10.1. The molecule has 0 spiro atoms. The zero-order chi connectivity index (χ0) is 19.9. The molecule has 0 aliphatic heterocycles. The highest BCUT2D eigenvalue weighted by molar-refractivity contribution is 9.10. The number of carbonyl (C=O) groups excluding carboxylic acids is 1. The SMILES string of the molecule is CC(C)c1ccccc1OC(=O)c1cc(Br)ccc1OCCc1ccccc1. The summed E-state index contributed by atoms with van der Waals surface area (Å²) in [6, 6.07) is 23.1. The van der Waals surface area contributed by atoms with Crippen molar-refractivity contribution < 1.29 is 14.3 Å². The maximum atomic E-state index is 12.9. The topological polar surface area (TPSA) is 35.5 Å². The van der Waals surface area contributed by atoms with Crippen LogP contribution in [-0.2, 0) is 6.42 Å². The number of rotatable bonds is 7. The lowest BCUT2D eigenvalue weighted by molar-refractivity contribution is 0.0728. The minimum absolute atomic E-state index is 0.258. The van der Waals surface area contributed by atoms with Crippen molar-refractivity contribution >= 4 is 21.9 Å². The Morgan fingerprint density at radius 2 is 1.64 bits per heavy atom. The van der Waals surface area contributed by atoms with Gasteiger partial charge in [0.25, 0.3) is 0 Å². The molecule has 0 aromatic heterocycles. The molecule has 0 saturated heterocycles. The highest BCUT2D eigenvalue weighted by Gasteiger charge is 2.18. The smallest absolute Gasteiger partial charge is 0.347 e. The summed E-state index contributed by atoms with van der Waals surface area (Å²) in [5.74, 6) is 0.932. The lowest BCUT2D eigenvalue weighted by Gasteiger charge is -2.15. The number of halogens is 1. The van der Waals surface area contributed by atoms with Crippen molar-refractivity contribution in [3.05, 3.63) is 94.0 Å². The number of esters is 1. The molecule has 0 aliphatic carbocycles. The highest BCUT2D eigenvalue weighted by Crippen LogP contribution is 2.29. The van der Waals surface area contributed by atoms with E-state index in [2.05, 4.69) is 41.9 Å². The van der Waals surface area contributed by atoms with Crippen LogP contribution in [0.4, 0.5) is 0 Å². The van der Waals surface area contributed by atoms with Gasteiger partial charge in [0.05, 0.1) is 6.61 Å².